The quantitative estimate of drug-likeness (QED) is 0.638. The second kappa shape index (κ2) is 4.76. The molecule has 0 radical (unpaired) electrons. The van der Waals surface area contributed by atoms with Crippen molar-refractivity contribution in [3.63, 3.8) is 0 Å². The van der Waals surface area contributed by atoms with Gasteiger partial charge >= 0.3 is 0 Å². The van der Waals surface area contributed by atoms with Gasteiger partial charge in [0.25, 0.3) is 0 Å². The van der Waals surface area contributed by atoms with E-state index in [2.05, 4.69) is 19.8 Å². The number of aliphatic hydroxyl groups is 1. The van der Waals surface area contributed by atoms with Gasteiger partial charge < -0.3 is 5.11 Å². The van der Waals surface area contributed by atoms with Gasteiger partial charge in [-0.1, -0.05) is 32.6 Å². The first-order chi connectivity index (χ1) is 10.4. The van der Waals surface area contributed by atoms with E-state index < -0.39 is 5.60 Å². The van der Waals surface area contributed by atoms with Gasteiger partial charge in [0, 0.05) is 5.41 Å². The Balaban J connectivity index is 1.67. The standard InChI is InChI=1S/C21H32O/c1-4-21(22)14-11-18-16-9-8-15-7-5-6-12-19(15,2)17(16)10-13-20(18,21)3/h1,15-18,22H,5-14H2,2-3H3/t15?,16?,17?,18?,19-,20-,21-/m0/s1. The SMILES string of the molecule is C#C[C@]1(O)CCC2C3CCC4CCCC[C@]4(C)C3CC[C@@]21C. The maximum absolute atomic E-state index is 11.0. The third kappa shape index (κ3) is 1.71. The molecule has 0 spiro atoms. The summed E-state index contributed by atoms with van der Waals surface area (Å²) in [5, 5.41) is 11.0. The van der Waals surface area contributed by atoms with Crippen LogP contribution in [0.25, 0.3) is 0 Å². The fourth-order valence-corrected chi connectivity index (χ4v) is 7.55. The summed E-state index contributed by atoms with van der Waals surface area (Å²) in [6, 6.07) is 0. The molecule has 1 N–H and O–H groups in total. The van der Waals surface area contributed by atoms with Crippen molar-refractivity contribution in [2.24, 2.45) is 34.5 Å². The molecule has 0 aromatic rings. The Morgan fingerprint density at radius 1 is 0.909 bits per heavy atom. The summed E-state index contributed by atoms with van der Waals surface area (Å²) in [6.45, 7) is 4.91. The summed E-state index contributed by atoms with van der Waals surface area (Å²) in [5.74, 6) is 6.14. The van der Waals surface area contributed by atoms with Crippen LogP contribution in [0.15, 0.2) is 0 Å². The summed E-state index contributed by atoms with van der Waals surface area (Å²) in [6.07, 6.45) is 18.8. The minimum Gasteiger partial charge on any atom is -0.377 e. The fraction of sp³-hybridized carbons (Fsp3) is 0.905. The van der Waals surface area contributed by atoms with E-state index in [1.165, 1.54) is 44.9 Å². The molecule has 0 aliphatic heterocycles. The Labute approximate surface area is 136 Å². The molecule has 0 bridgehead atoms. The molecule has 4 rings (SSSR count). The lowest BCUT2D eigenvalue weighted by atomic mass is 9.44. The minimum absolute atomic E-state index is 0.0270. The van der Waals surface area contributed by atoms with E-state index in [0.29, 0.717) is 11.3 Å². The smallest absolute Gasteiger partial charge is 0.130 e. The highest BCUT2D eigenvalue weighted by Gasteiger charge is 2.63. The lowest BCUT2D eigenvalue weighted by molar-refractivity contribution is -0.134. The van der Waals surface area contributed by atoms with Crippen LogP contribution >= 0.6 is 0 Å². The maximum Gasteiger partial charge on any atom is 0.130 e. The van der Waals surface area contributed by atoms with E-state index in [4.69, 9.17) is 6.42 Å². The van der Waals surface area contributed by atoms with Gasteiger partial charge in [0.05, 0.1) is 0 Å². The second-order valence-corrected chi connectivity index (χ2v) is 9.40. The van der Waals surface area contributed by atoms with Crippen molar-refractivity contribution >= 4 is 0 Å². The molecule has 0 aromatic carbocycles. The molecule has 7 atom stereocenters. The van der Waals surface area contributed by atoms with Crippen LogP contribution in [0.4, 0.5) is 0 Å². The lowest BCUT2D eigenvalue weighted by Crippen LogP contribution is -2.55. The zero-order valence-electron chi connectivity index (χ0n) is 14.4. The number of hydrogen-bond donors (Lipinski definition) is 1. The molecule has 4 unspecified atom stereocenters. The lowest BCUT2D eigenvalue weighted by Gasteiger charge is -2.60. The summed E-state index contributed by atoms with van der Waals surface area (Å²) in [4.78, 5) is 0. The minimum atomic E-state index is -0.840. The average Bonchev–Trinajstić information content (AvgIpc) is 2.79. The fourth-order valence-electron chi connectivity index (χ4n) is 7.55. The highest BCUT2D eigenvalue weighted by atomic mass is 16.3. The molecular formula is C21H32O. The van der Waals surface area contributed by atoms with Crippen molar-refractivity contribution in [3.8, 4) is 12.3 Å². The van der Waals surface area contributed by atoms with Gasteiger partial charge in [-0.05, 0) is 80.5 Å². The zero-order chi connectivity index (χ0) is 15.6. The Morgan fingerprint density at radius 3 is 2.45 bits per heavy atom. The molecular weight excluding hydrogens is 268 g/mol. The first-order valence-corrected chi connectivity index (χ1v) is 9.65. The van der Waals surface area contributed by atoms with E-state index >= 15 is 0 Å². The van der Waals surface area contributed by atoms with Crippen LogP contribution in [0.5, 0.6) is 0 Å². The third-order valence-corrected chi connectivity index (χ3v) is 8.97. The molecule has 1 nitrogen and oxygen atoms in total. The van der Waals surface area contributed by atoms with Crippen LogP contribution in [0, 0.1) is 46.8 Å². The Bertz CT molecular complexity index is 505. The van der Waals surface area contributed by atoms with Crippen molar-refractivity contribution in [1.29, 1.82) is 0 Å². The predicted octanol–water partition coefficient (Wildman–Crippen LogP) is 4.78. The van der Waals surface area contributed by atoms with E-state index in [1.54, 1.807) is 0 Å². The summed E-state index contributed by atoms with van der Waals surface area (Å²) in [5.41, 5.74) is -0.285. The van der Waals surface area contributed by atoms with Gasteiger partial charge in [-0.2, -0.15) is 0 Å². The number of fused-ring (bicyclic) bond motifs is 5. The molecule has 0 heterocycles. The Morgan fingerprint density at radius 2 is 1.68 bits per heavy atom. The van der Waals surface area contributed by atoms with Gasteiger partial charge in [-0.25, -0.2) is 0 Å². The van der Waals surface area contributed by atoms with E-state index in [-0.39, 0.29) is 5.41 Å². The molecule has 122 valence electrons. The maximum atomic E-state index is 11.0. The normalized spacial score (nSPS) is 57.4. The van der Waals surface area contributed by atoms with Crippen molar-refractivity contribution < 1.29 is 5.11 Å². The number of hydrogen-bond acceptors (Lipinski definition) is 1. The largest absolute Gasteiger partial charge is 0.377 e. The van der Waals surface area contributed by atoms with E-state index in [1.807, 2.05) is 0 Å². The highest BCUT2D eigenvalue weighted by Crippen LogP contribution is 2.68. The molecule has 22 heavy (non-hydrogen) atoms. The summed E-state index contributed by atoms with van der Waals surface area (Å²) < 4.78 is 0. The topological polar surface area (TPSA) is 20.2 Å². The molecule has 0 saturated heterocycles. The van der Waals surface area contributed by atoms with Crippen molar-refractivity contribution in [2.75, 3.05) is 0 Å². The highest BCUT2D eigenvalue weighted by molar-refractivity contribution is 5.23. The average molecular weight is 300 g/mol. The number of rotatable bonds is 0. The van der Waals surface area contributed by atoms with E-state index in [0.717, 1.165) is 37.0 Å². The molecule has 1 heteroatoms. The molecule has 4 fully saturated rings. The van der Waals surface area contributed by atoms with E-state index in [9.17, 15) is 5.11 Å². The van der Waals surface area contributed by atoms with Crippen molar-refractivity contribution in [1.82, 2.24) is 0 Å². The van der Waals surface area contributed by atoms with Gasteiger partial charge in [0.1, 0.15) is 5.60 Å². The van der Waals surface area contributed by atoms with Gasteiger partial charge in [-0.3, -0.25) is 0 Å². The van der Waals surface area contributed by atoms with Gasteiger partial charge in [0.2, 0.25) is 0 Å². The molecule has 4 aliphatic rings. The predicted molar refractivity (Wildman–Crippen MR) is 90.1 cm³/mol. The molecule has 4 aliphatic carbocycles. The monoisotopic (exact) mass is 300 g/mol. The van der Waals surface area contributed by atoms with Crippen LogP contribution in [0.3, 0.4) is 0 Å². The Hall–Kier alpha value is -0.480. The zero-order valence-corrected chi connectivity index (χ0v) is 14.4. The molecule has 4 saturated carbocycles. The summed E-state index contributed by atoms with van der Waals surface area (Å²) in [7, 11) is 0. The van der Waals surface area contributed by atoms with Crippen LogP contribution in [0.1, 0.15) is 78.1 Å². The van der Waals surface area contributed by atoms with Crippen LogP contribution < -0.4 is 0 Å². The summed E-state index contributed by atoms with van der Waals surface area (Å²) >= 11 is 0. The first-order valence-electron chi connectivity index (χ1n) is 9.65. The number of terminal acetylenes is 1. The Kier molecular flexibility index (Phi) is 3.26. The second-order valence-electron chi connectivity index (χ2n) is 9.40. The van der Waals surface area contributed by atoms with Crippen molar-refractivity contribution in [2.45, 2.75) is 83.7 Å². The van der Waals surface area contributed by atoms with Crippen LogP contribution in [-0.4, -0.2) is 10.7 Å². The van der Waals surface area contributed by atoms with Crippen molar-refractivity contribution in [3.05, 3.63) is 0 Å². The first kappa shape index (κ1) is 15.1. The molecule has 0 aromatic heterocycles. The van der Waals surface area contributed by atoms with Crippen LogP contribution in [-0.2, 0) is 0 Å². The van der Waals surface area contributed by atoms with Crippen LogP contribution in [0.2, 0.25) is 0 Å². The molecule has 0 amide bonds. The van der Waals surface area contributed by atoms with Gasteiger partial charge in [-0.15, -0.1) is 6.42 Å². The third-order valence-electron chi connectivity index (χ3n) is 8.97. The van der Waals surface area contributed by atoms with Gasteiger partial charge in [0.15, 0.2) is 0 Å².